The second kappa shape index (κ2) is 12.9. The number of hydrogen-bond acceptors (Lipinski definition) is 4. The number of unbranched alkanes of at least 4 members (excludes halogenated alkanes) is 2. The zero-order valence-corrected chi connectivity index (χ0v) is 20.3. The normalized spacial score (nSPS) is 29.9. The summed E-state index contributed by atoms with van der Waals surface area (Å²) in [6, 6.07) is 0. The third-order valence-electron chi connectivity index (χ3n) is 7.70. The predicted molar refractivity (Wildman–Crippen MR) is 128 cm³/mol. The molecular weight excluding hydrogens is 402 g/mol. The molecule has 0 aromatic heterocycles. The molecule has 1 saturated heterocycles. The lowest BCUT2D eigenvalue weighted by Gasteiger charge is -2.26. The highest BCUT2D eigenvalue weighted by Crippen LogP contribution is 2.48. The number of fused-ring (bicyclic) bond motifs is 1. The minimum Gasteiger partial charge on any atom is -0.392 e. The highest BCUT2D eigenvalue weighted by Gasteiger charge is 2.43. The SMILES string of the molecule is CCCC[C@@H](C)C[C@H](O)/C=C/[C@@H]1[C@H]2CC(CCCCC(=O)N3CCOCC3)=C[C@H]2C[C@H]1O. The van der Waals surface area contributed by atoms with Gasteiger partial charge in [0.2, 0.25) is 5.91 Å². The average molecular weight is 448 g/mol. The molecule has 0 aromatic rings. The van der Waals surface area contributed by atoms with E-state index in [1.165, 1.54) is 24.8 Å². The van der Waals surface area contributed by atoms with Crippen molar-refractivity contribution in [2.24, 2.45) is 23.7 Å². The third-order valence-corrected chi connectivity index (χ3v) is 7.70. The molecule has 6 atom stereocenters. The van der Waals surface area contributed by atoms with E-state index in [4.69, 9.17) is 4.74 Å². The van der Waals surface area contributed by atoms with Crippen molar-refractivity contribution >= 4 is 5.91 Å². The van der Waals surface area contributed by atoms with Gasteiger partial charge in [0, 0.05) is 25.4 Å². The summed E-state index contributed by atoms with van der Waals surface area (Å²) in [6.45, 7) is 7.22. The number of amides is 1. The quantitative estimate of drug-likeness (QED) is 0.342. The molecule has 2 aliphatic carbocycles. The Morgan fingerprint density at radius 2 is 2.06 bits per heavy atom. The lowest BCUT2D eigenvalue weighted by atomic mass is 9.88. The van der Waals surface area contributed by atoms with Gasteiger partial charge in [0.1, 0.15) is 0 Å². The predicted octanol–water partition coefficient (Wildman–Crippen LogP) is 4.48. The number of carbonyl (C=O) groups is 1. The number of carbonyl (C=O) groups excluding carboxylic acids is 1. The largest absolute Gasteiger partial charge is 0.392 e. The molecule has 182 valence electrons. The molecule has 0 radical (unpaired) electrons. The highest BCUT2D eigenvalue weighted by molar-refractivity contribution is 5.76. The van der Waals surface area contributed by atoms with Crippen LogP contribution < -0.4 is 0 Å². The maximum Gasteiger partial charge on any atom is 0.222 e. The number of aliphatic hydroxyl groups is 2. The monoisotopic (exact) mass is 447 g/mol. The molecule has 0 aromatic carbocycles. The Morgan fingerprint density at radius 3 is 2.81 bits per heavy atom. The smallest absolute Gasteiger partial charge is 0.222 e. The van der Waals surface area contributed by atoms with E-state index in [9.17, 15) is 15.0 Å². The van der Waals surface area contributed by atoms with Crippen molar-refractivity contribution in [1.29, 1.82) is 0 Å². The Bertz CT molecular complexity index is 640. The highest BCUT2D eigenvalue weighted by atomic mass is 16.5. The first-order valence-electron chi connectivity index (χ1n) is 13.1. The van der Waals surface area contributed by atoms with Crippen molar-refractivity contribution < 1.29 is 19.7 Å². The number of aliphatic hydroxyl groups excluding tert-OH is 2. The minimum absolute atomic E-state index is 0.150. The molecular formula is C27H45NO4. The van der Waals surface area contributed by atoms with Crippen LogP contribution in [0.2, 0.25) is 0 Å². The maximum atomic E-state index is 12.3. The van der Waals surface area contributed by atoms with Gasteiger partial charge in [0.15, 0.2) is 0 Å². The Kier molecular flexibility index (Phi) is 10.3. The minimum atomic E-state index is -0.411. The topological polar surface area (TPSA) is 70.0 Å². The Morgan fingerprint density at radius 1 is 1.28 bits per heavy atom. The van der Waals surface area contributed by atoms with Gasteiger partial charge in [-0.25, -0.2) is 0 Å². The van der Waals surface area contributed by atoms with Gasteiger partial charge in [-0.1, -0.05) is 56.9 Å². The first-order valence-corrected chi connectivity index (χ1v) is 13.1. The van der Waals surface area contributed by atoms with Crippen LogP contribution >= 0.6 is 0 Å². The molecule has 0 unspecified atom stereocenters. The van der Waals surface area contributed by atoms with Crippen molar-refractivity contribution in [2.45, 2.75) is 90.3 Å². The molecule has 0 bridgehead atoms. The van der Waals surface area contributed by atoms with Crippen LogP contribution in [-0.2, 0) is 9.53 Å². The molecule has 1 heterocycles. The van der Waals surface area contributed by atoms with E-state index in [1.807, 2.05) is 11.0 Å². The van der Waals surface area contributed by atoms with Gasteiger partial charge in [0.05, 0.1) is 25.4 Å². The number of allylic oxidation sites excluding steroid dienone is 2. The molecule has 1 saturated carbocycles. The molecule has 32 heavy (non-hydrogen) atoms. The lowest BCUT2D eigenvalue weighted by Crippen LogP contribution is -2.40. The van der Waals surface area contributed by atoms with E-state index in [0.29, 0.717) is 37.4 Å². The molecule has 0 spiro atoms. The standard InChI is InChI=1S/C27H45NO4/c1-3-4-7-20(2)16-23(29)10-11-24-25-18-21(17-22(25)19-26(24)30)8-5-6-9-27(31)28-12-14-32-15-13-28/h10-11,17,20,22-26,29-30H,3-9,12-16,18-19H2,1-2H3/b11-10+/t20-,22+,23-,24-,25+,26-/m1/s1. The van der Waals surface area contributed by atoms with E-state index >= 15 is 0 Å². The summed E-state index contributed by atoms with van der Waals surface area (Å²) in [7, 11) is 0. The third kappa shape index (κ3) is 7.43. The van der Waals surface area contributed by atoms with Gasteiger partial charge in [-0.05, 0) is 56.3 Å². The summed E-state index contributed by atoms with van der Waals surface area (Å²) in [5.41, 5.74) is 1.50. The van der Waals surface area contributed by atoms with Crippen LogP contribution in [0.25, 0.3) is 0 Å². The second-order valence-corrected chi connectivity index (χ2v) is 10.4. The molecule has 2 fully saturated rings. The average Bonchev–Trinajstić information content (AvgIpc) is 3.30. The molecule has 5 nitrogen and oxygen atoms in total. The summed E-state index contributed by atoms with van der Waals surface area (Å²) in [6.07, 6.45) is 15.7. The zero-order valence-electron chi connectivity index (χ0n) is 20.3. The van der Waals surface area contributed by atoms with Crippen LogP contribution in [0.15, 0.2) is 23.8 Å². The number of rotatable bonds is 12. The van der Waals surface area contributed by atoms with Gasteiger partial charge in [0.25, 0.3) is 0 Å². The first-order chi connectivity index (χ1) is 15.5. The molecule has 5 heteroatoms. The van der Waals surface area contributed by atoms with Crippen LogP contribution in [0.1, 0.15) is 78.1 Å². The van der Waals surface area contributed by atoms with Crippen molar-refractivity contribution in [1.82, 2.24) is 4.90 Å². The van der Waals surface area contributed by atoms with Crippen molar-refractivity contribution in [3.05, 3.63) is 23.8 Å². The van der Waals surface area contributed by atoms with E-state index < -0.39 is 6.10 Å². The van der Waals surface area contributed by atoms with Crippen molar-refractivity contribution in [2.75, 3.05) is 26.3 Å². The fraction of sp³-hybridized carbons (Fsp3) is 0.815. The zero-order chi connectivity index (χ0) is 22.9. The Balaban J connectivity index is 1.38. The number of ether oxygens (including phenoxy) is 1. The Labute approximate surface area is 194 Å². The van der Waals surface area contributed by atoms with E-state index in [0.717, 1.165) is 51.6 Å². The van der Waals surface area contributed by atoms with Crippen LogP contribution in [0.5, 0.6) is 0 Å². The van der Waals surface area contributed by atoms with Gasteiger partial charge < -0.3 is 19.8 Å². The summed E-state index contributed by atoms with van der Waals surface area (Å²) >= 11 is 0. The fourth-order valence-electron chi connectivity index (χ4n) is 5.81. The van der Waals surface area contributed by atoms with Gasteiger partial charge in [-0.2, -0.15) is 0 Å². The summed E-state index contributed by atoms with van der Waals surface area (Å²) < 4.78 is 5.32. The Hall–Kier alpha value is -1.17. The fourth-order valence-corrected chi connectivity index (χ4v) is 5.81. The van der Waals surface area contributed by atoms with Crippen LogP contribution in [0, 0.1) is 23.7 Å². The van der Waals surface area contributed by atoms with Crippen molar-refractivity contribution in [3.63, 3.8) is 0 Å². The van der Waals surface area contributed by atoms with Crippen LogP contribution in [0.3, 0.4) is 0 Å². The molecule has 2 N–H and O–H groups in total. The van der Waals surface area contributed by atoms with Crippen LogP contribution in [-0.4, -0.2) is 59.5 Å². The summed E-state index contributed by atoms with van der Waals surface area (Å²) in [4.78, 5) is 14.2. The summed E-state index contributed by atoms with van der Waals surface area (Å²) in [5, 5.41) is 21.0. The molecule has 3 rings (SSSR count). The van der Waals surface area contributed by atoms with Gasteiger partial charge >= 0.3 is 0 Å². The molecule has 3 aliphatic rings. The maximum absolute atomic E-state index is 12.3. The first kappa shape index (κ1) is 25.5. The number of hydrogen-bond donors (Lipinski definition) is 2. The number of nitrogens with zero attached hydrogens (tertiary/aromatic N) is 1. The number of morpholine rings is 1. The second-order valence-electron chi connectivity index (χ2n) is 10.4. The summed E-state index contributed by atoms with van der Waals surface area (Å²) in [5.74, 6) is 1.88. The van der Waals surface area contributed by atoms with E-state index in [1.54, 1.807) is 0 Å². The van der Waals surface area contributed by atoms with Gasteiger partial charge in [-0.3, -0.25) is 4.79 Å². The molecule has 1 aliphatic heterocycles. The van der Waals surface area contributed by atoms with Gasteiger partial charge in [-0.15, -0.1) is 0 Å². The molecule has 1 amide bonds. The lowest BCUT2D eigenvalue weighted by molar-refractivity contribution is -0.135. The van der Waals surface area contributed by atoms with E-state index in [2.05, 4.69) is 26.0 Å². The van der Waals surface area contributed by atoms with Crippen LogP contribution in [0.4, 0.5) is 0 Å². The van der Waals surface area contributed by atoms with E-state index in [-0.39, 0.29) is 17.9 Å². The van der Waals surface area contributed by atoms with Crippen molar-refractivity contribution in [3.8, 4) is 0 Å².